The van der Waals surface area contributed by atoms with Crippen LogP contribution in [0.3, 0.4) is 0 Å². The average molecular weight is 251 g/mol. The van der Waals surface area contributed by atoms with E-state index in [4.69, 9.17) is 0 Å². The highest BCUT2D eigenvalue weighted by Crippen LogP contribution is 2.21. The Kier molecular flexibility index (Phi) is 3.19. The molecule has 19 heavy (non-hydrogen) atoms. The summed E-state index contributed by atoms with van der Waals surface area (Å²) in [6.07, 6.45) is 2.91. The van der Waals surface area contributed by atoms with Crippen molar-refractivity contribution in [3.05, 3.63) is 59.8 Å². The van der Waals surface area contributed by atoms with E-state index >= 15 is 0 Å². The minimum Gasteiger partial charge on any atom is -0.379 e. The molecule has 0 saturated carbocycles. The van der Waals surface area contributed by atoms with Crippen molar-refractivity contribution in [3.63, 3.8) is 0 Å². The van der Waals surface area contributed by atoms with Gasteiger partial charge in [0.25, 0.3) is 0 Å². The Morgan fingerprint density at radius 1 is 1.05 bits per heavy atom. The smallest absolute Gasteiger partial charge is 0.0881 e. The first-order valence-corrected chi connectivity index (χ1v) is 6.61. The fourth-order valence-corrected chi connectivity index (χ4v) is 2.38. The van der Waals surface area contributed by atoms with E-state index in [1.54, 1.807) is 0 Å². The molecule has 0 aliphatic carbocycles. The maximum atomic E-state index is 4.09. The van der Waals surface area contributed by atoms with Crippen molar-refractivity contribution < 1.29 is 0 Å². The monoisotopic (exact) mass is 251 g/mol. The summed E-state index contributed by atoms with van der Waals surface area (Å²) in [6.45, 7) is 3.02. The van der Waals surface area contributed by atoms with Crippen LogP contribution in [0.1, 0.15) is 18.1 Å². The third kappa shape index (κ3) is 2.32. The first-order valence-electron chi connectivity index (χ1n) is 6.61. The molecule has 3 aromatic rings. The molecule has 0 radical (unpaired) electrons. The Morgan fingerprint density at radius 2 is 1.89 bits per heavy atom. The lowest BCUT2D eigenvalue weighted by molar-refractivity contribution is 1.04. The highest BCUT2D eigenvalue weighted by molar-refractivity contribution is 5.89. The second-order valence-electron chi connectivity index (χ2n) is 4.62. The normalized spacial score (nSPS) is 10.8. The number of fused-ring (bicyclic) bond motifs is 1. The lowest BCUT2D eigenvalue weighted by atomic mass is 10.1. The van der Waals surface area contributed by atoms with Gasteiger partial charge in [0.1, 0.15) is 0 Å². The van der Waals surface area contributed by atoms with Gasteiger partial charge in [0, 0.05) is 11.9 Å². The minimum absolute atomic E-state index is 0.835. The second kappa shape index (κ2) is 5.14. The van der Waals surface area contributed by atoms with E-state index in [2.05, 4.69) is 58.8 Å². The molecule has 0 amide bonds. The predicted octanol–water partition coefficient (Wildman–Crippen LogP) is 3.74. The number of aryl methyl sites for hydroxylation is 1. The average Bonchev–Trinajstić information content (AvgIpc) is 2.94. The number of rotatable bonds is 4. The molecule has 0 spiro atoms. The first kappa shape index (κ1) is 11.8. The summed E-state index contributed by atoms with van der Waals surface area (Å²) < 4.78 is 0. The largest absolute Gasteiger partial charge is 0.379 e. The number of hydrogen-bond acceptors (Lipinski definition) is 2. The molecular formula is C16H17N3. The third-order valence-electron chi connectivity index (χ3n) is 3.45. The van der Waals surface area contributed by atoms with E-state index in [1.165, 1.54) is 11.1 Å². The molecule has 0 unspecified atom stereocenters. The SMILES string of the molecule is CCc1ccccc1CNc1cccc2cn[nH]c12. The van der Waals surface area contributed by atoms with Crippen LogP contribution < -0.4 is 5.32 Å². The van der Waals surface area contributed by atoms with E-state index in [1.807, 2.05) is 12.3 Å². The van der Waals surface area contributed by atoms with Crippen LogP contribution in [0.25, 0.3) is 10.9 Å². The lowest BCUT2D eigenvalue weighted by Gasteiger charge is -2.10. The Hall–Kier alpha value is -2.29. The molecule has 3 heteroatoms. The summed E-state index contributed by atoms with van der Waals surface area (Å²) >= 11 is 0. The van der Waals surface area contributed by atoms with Crippen molar-refractivity contribution in [2.24, 2.45) is 0 Å². The fraction of sp³-hybridized carbons (Fsp3) is 0.188. The molecule has 0 bridgehead atoms. The third-order valence-corrected chi connectivity index (χ3v) is 3.45. The number of nitrogens with one attached hydrogen (secondary N) is 2. The van der Waals surface area contributed by atoms with Gasteiger partial charge in [-0.05, 0) is 23.6 Å². The molecule has 2 N–H and O–H groups in total. The maximum Gasteiger partial charge on any atom is 0.0881 e. The van der Waals surface area contributed by atoms with Gasteiger partial charge < -0.3 is 5.32 Å². The molecule has 0 aliphatic rings. The number of aromatic amines is 1. The Morgan fingerprint density at radius 3 is 2.74 bits per heavy atom. The molecule has 0 fully saturated rings. The van der Waals surface area contributed by atoms with Crippen molar-refractivity contribution in [2.75, 3.05) is 5.32 Å². The summed E-state index contributed by atoms with van der Waals surface area (Å²) in [7, 11) is 0. The molecule has 0 aliphatic heterocycles. The minimum atomic E-state index is 0.835. The van der Waals surface area contributed by atoms with Crippen molar-refractivity contribution in [1.29, 1.82) is 0 Å². The Balaban J connectivity index is 1.84. The van der Waals surface area contributed by atoms with Gasteiger partial charge >= 0.3 is 0 Å². The summed E-state index contributed by atoms with van der Waals surface area (Å²) in [6, 6.07) is 14.7. The molecule has 1 aromatic heterocycles. The first-order chi connectivity index (χ1) is 9.38. The number of nitrogens with zero attached hydrogens (tertiary/aromatic N) is 1. The van der Waals surface area contributed by atoms with Crippen LogP contribution in [0.15, 0.2) is 48.7 Å². The summed E-state index contributed by atoms with van der Waals surface area (Å²) in [5.41, 5.74) is 4.91. The van der Waals surface area contributed by atoms with Crippen molar-refractivity contribution >= 4 is 16.6 Å². The molecule has 96 valence electrons. The van der Waals surface area contributed by atoms with Gasteiger partial charge in [0.2, 0.25) is 0 Å². The lowest BCUT2D eigenvalue weighted by Crippen LogP contribution is -2.02. The number of aromatic nitrogens is 2. The van der Waals surface area contributed by atoms with Gasteiger partial charge in [-0.15, -0.1) is 0 Å². The van der Waals surface area contributed by atoms with Crippen molar-refractivity contribution in [2.45, 2.75) is 19.9 Å². The number of H-pyrrole nitrogens is 1. The van der Waals surface area contributed by atoms with Crippen LogP contribution in [-0.2, 0) is 13.0 Å². The van der Waals surface area contributed by atoms with Gasteiger partial charge in [-0.2, -0.15) is 5.10 Å². The number of benzene rings is 2. The molecule has 3 rings (SSSR count). The number of hydrogen-bond donors (Lipinski definition) is 2. The zero-order valence-electron chi connectivity index (χ0n) is 11.0. The highest BCUT2D eigenvalue weighted by atomic mass is 15.1. The second-order valence-corrected chi connectivity index (χ2v) is 4.62. The van der Waals surface area contributed by atoms with Crippen LogP contribution in [0.2, 0.25) is 0 Å². The van der Waals surface area contributed by atoms with E-state index in [-0.39, 0.29) is 0 Å². The van der Waals surface area contributed by atoms with Crippen molar-refractivity contribution in [1.82, 2.24) is 10.2 Å². The number of para-hydroxylation sites is 1. The van der Waals surface area contributed by atoms with Crippen LogP contribution in [0, 0.1) is 0 Å². The van der Waals surface area contributed by atoms with Gasteiger partial charge in [-0.1, -0.05) is 43.3 Å². The van der Waals surface area contributed by atoms with Crippen LogP contribution in [0.4, 0.5) is 5.69 Å². The summed E-state index contributed by atoms with van der Waals surface area (Å²) in [4.78, 5) is 0. The number of anilines is 1. The van der Waals surface area contributed by atoms with Gasteiger partial charge in [-0.3, -0.25) is 5.10 Å². The molecule has 0 saturated heterocycles. The maximum absolute atomic E-state index is 4.09. The topological polar surface area (TPSA) is 40.7 Å². The Bertz CT molecular complexity index is 685. The molecule has 2 aromatic carbocycles. The van der Waals surface area contributed by atoms with Gasteiger partial charge in [0.05, 0.1) is 17.4 Å². The molecular weight excluding hydrogens is 234 g/mol. The van der Waals surface area contributed by atoms with Crippen LogP contribution in [-0.4, -0.2) is 10.2 Å². The van der Waals surface area contributed by atoms with Gasteiger partial charge in [-0.25, -0.2) is 0 Å². The fourth-order valence-electron chi connectivity index (χ4n) is 2.38. The quantitative estimate of drug-likeness (QED) is 0.741. The Labute approximate surface area is 112 Å². The van der Waals surface area contributed by atoms with E-state index < -0.39 is 0 Å². The molecule has 3 nitrogen and oxygen atoms in total. The standard InChI is InChI=1S/C16H17N3/c1-2-12-6-3-4-7-13(12)10-17-15-9-5-8-14-11-18-19-16(14)15/h3-9,11,17H,2,10H2,1H3,(H,18,19). The zero-order chi connectivity index (χ0) is 13.1. The van der Waals surface area contributed by atoms with E-state index in [9.17, 15) is 0 Å². The van der Waals surface area contributed by atoms with E-state index in [0.29, 0.717) is 0 Å². The highest BCUT2D eigenvalue weighted by Gasteiger charge is 2.03. The van der Waals surface area contributed by atoms with Crippen molar-refractivity contribution in [3.8, 4) is 0 Å². The van der Waals surface area contributed by atoms with Crippen LogP contribution in [0.5, 0.6) is 0 Å². The molecule has 0 atom stereocenters. The zero-order valence-corrected chi connectivity index (χ0v) is 11.0. The van der Waals surface area contributed by atoms with E-state index in [0.717, 1.165) is 29.6 Å². The predicted molar refractivity (Wildman–Crippen MR) is 79.2 cm³/mol. The van der Waals surface area contributed by atoms with Gasteiger partial charge in [0.15, 0.2) is 0 Å². The summed E-state index contributed by atoms with van der Waals surface area (Å²) in [5.74, 6) is 0. The molecule has 1 heterocycles. The van der Waals surface area contributed by atoms with Crippen LogP contribution >= 0.6 is 0 Å². The summed E-state index contributed by atoms with van der Waals surface area (Å²) in [5, 5.41) is 11.8.